The zero-order valence-electron chi connectivity index (χ0n) is 13.9. The minimum Gasteiger partial charge on any atom is -0.472 e. The minimum atomic E-state index is -4.65. The van der Waals surface area contributed by atoms with Gasteiger partial charge in [0.1, 0.15) is 12.2 Å². The van der Waals surface area contributed by atoms with Gasteiger partial charge >= 0.3 is 6.18 Å². The van der Waals surface area contributed by atoms with Crippen molar-refractivity contribution in [2.45, 2.75) is 12.8 Å². The van der Waals surface area contributed by atoms with Crippen LogP contribution in [0.5, 0.6) is 5.88 Å². The minimum absolute atomic E-state index is 0.0652. The smallest absolute Gasteiger partial charge is 0.423 e. The number of benzene rings is 2. The SMILES string of the molecule is N#Cc1cccc(Nc2ncc(C(F)(F)F)c(OCc3ccccc3)n2)c1. The first-order valence-electron chi connectivity index (χ1n) is 7.84. The molecule has 0 fully saturated rings. The monoisotopic (exact) mass is 370 g/mol. The molecule has 5 nitrogen and oxygen atoms in total. The highest BCUT2D eigenvalue weighted by atomic mass is 19.4. The van der Waals surface area contributed by atoms with Crippen LogP contribution in [0.2, 0.25) is 0 Å². The summed E-state index contributed by atoms with van der Waals surface area (Å²) < 4.78 is 45.0. The Bertz CT molecular complexity index is 969. The molecule has 0 spiro atoms. The van der Waals surface area contributed by atoms with Crippen LogP contribution in [0.15, 0.2) is 60.8 Å². The predicted molar refractivity (Wildman–Crippen MR) is 92.2 cm³/mol. The van der Waals surface area contributed by atoms with Gasteiger partial charge in [0.25, 0.3) is 0 Å². The van der Waals surface area contributed by atoms with Crippen LogP contribution in [0.1, 0.15) is 16.7 Å². The molecule has 0 bridgehead atoms. The highest BCUT2D eigenvalue weighted by Crippen LogP contribution is 2.35. The highest BCUT2D eigenvalue weighted by Gasteiger charge is 2.36. The van der Waals surface area contributed by atoms with E-state index >= 15 is 0 Å². The van der Waals surface area contributed by atoms with E-state index < -0.39 is 17.6 Å². The average molecular weight is 370 g/mol. The second-order valence-corrected chi connectivity index (χ2v) is 5.50. The number of halogens is 3. The van der Waals surface area contributed by atoms with Crippen LogP contribution in [0, 0.1) is 11.3 Å². The molecule has 1 aromatic heterocycles. The zero-order valence-corrected chi connectivity index (χ0v) is 13.9. The van der Waals surface area contributed by atoms with Crippen molar-refractivity contribution in [3.05, 3.63) is 77.5 Å². The van der Waals surface area contributed by atoms with E-state index in [0.29, 0.717) is 23.0 Å². The zero-order chi connectivity index (χ0) is 19.3. The van der Waals surface area contributed by atoms with E-state index in [9.17, 15) is 13.2 Å². The lowest BCUT2D eigenvalue weighted by molar-refractivity contribution is -0.139. The molecule has 0 amide bonds. The maximum atomic E-state index is 13.2. The largest absolute Gasteiger partial charge is 0.472 e. The summed E-state index contributed by atoms with van der Waals surface area (Å²) >= 11 is 0. The first-order valence-corrected chi connectivity index (χ1v) is 7.84. The summed E-state index contributed by atoms with van der Waals surface area (Å²) in [5, 5.41) is 11.7. The van der Waals surface area contributed by atoms with Crippen LogP contribution in [-0.2, 0) is 12.8 Å². The Labute approximate surface area is 153 Å². The standard InChI is InChI=1S/C19H13F3N4O/c20-19(21,22)16-11-24-18(25-15-8-4-7-14(9-15)10-23)26-17(16)27-12-13-5-2-1-3-6-13/h1-9,11H,12H2,(H,24,25,26). The van der Waals surface area contributed by atoms with E-state index in [1.54, 1.807) is 48.5 Å². The maximum Gasteiger partial charge on any atom is 0.423 e. The molecule has 0 aliphatic heterocycles. The molecule has 0 radical (unpaired) electrons. The number of aromatic nitrogens is 2. The van der Waals surface area contributed by atoms with Crippen molar-refractivity contribution < 1.29 is 17.9 Å². The van der Waals surface area contributed by atoms with Gasteiger partial charge in [-0.15, -0.1) is 0 Å². The maximum absolute atomic E-state index is 13.2. The van der Waals surface area contributed by atoms with E-state index in [4.69, 9.17) is 10.00 Å². The van der Waals surface area contributed by atoms with Gasteiger partial charge in [-0.25, -0.2) is 4.98 Å². The van der Waals surface area contributed by atoms with Crippen molar-refractivity contribution in [1.29, 1.82) is 5.26 Å². The Hall–Kier alpha value is -3.60. The Kier molecular flexibility index (Phi) is 5.22. The van der Waals surface area contributed by atoms with Crippen LogP contribution in [0.3, 0.4) is 0 Å². The lowest BCUT2D eigenvalue weighted by Gasteiger charge is -2.14. The normalized spacial score (nSPS) is 10.9. The number of anilines is 2. The Balaban J connectivity index is 1.87. The van der Waals surface area contributed by atoms with E-state index in [1.165, 1.54) is 6.07 Å². The van der Waals surface area contributed by atoms with Crippen molar-refractivity contribution in [1.82, 2.24) is 9.97 Å². The molecule has 1 N–H and O–H groups in total. The van der Waals surface area contributed by atoms with E-state index in [1.807, 2.05) is 6.07 Å². The second kappa shape index (κ2) is 7.74. The summed E-state index contributed by atoms with van der Waals surface area (Å²) in [6, 6.07) is 17.2. The van der Waals surface area contributed by atoms with Crippen molar-refractivity contribution >= 4 is 11.6 Å². The van der Waals surface area contributed by atoms with Gasteiger partial charge in [0.05, 0.1) is 11.6 Å². The Morgan fingerprint density at radius 2 is 1.85 bits per heavy atom. The molecule has 3 rings (SSSR count). The van der Waals surface area contributed by atoms with Crippen LogP contribution >= 0.6 is 0 Å². The van der Waals surface area contributed by atoms with Crippen LogP contribution < -0.4 is 10.1 Å². The third-order valence-electron chi connectivity index (χ3n) is 3.53. The molecule has 0 atom stereocenters. The van der Waals surface area contributed by atoms with Crippen molar-refractivity contribution in [2.75, 3.05) is 5.32 Å². The fourth-order valence-electron chi connectivity index (χ4n) is 2.25. The molecular weight excluding hydrogens is 357 g/mol. The van der Waals surface area contributed by atoms with Crippen molar-refractivity contribution in [2.24, 2.45) is 0 Å². The third kappa shape index (κ3) is 4.73. The summed E-state index contributed by atoms with van der Waals surface area (Å²) in [4.78, 5) is 7.56. The molecule has 3 aromatic rings. The summed E-state index contributed by atoms with van der Waals surface area (Å²) in [6.45, 7) is -0.0652. The lowest BCUT2D eigenvalue weighted by atomic mass is 10.2. The average Bonchev–Trinajstić information content (AvgIpc) is 2.66. The van der Waals surface area contributed by atoms with E-state index in [0.717, 1.165) is 0 Å². The molecular formula is C19H13F3N4O. The Morgan fingerprint density at radius 1 is 1.07 bits per heavy atom. The fraction of sp³-hybridized carbons (Fsp3) is 0.105. The van der Waals surface area contributed by atoms with Crippen molar-refractivity contribution in [3.63, 3.8) is 0 Å². The summed E-state index contributed by atoms with van der Waals surface area (Å²) in [5.74, 6) is -0.638. The van der Waals surface area contributed by atoms with Gasteiger partial charge in [-0.1, -0.05) is 36.4 Å². The predicted octanol–water partition coefficient (Wildman–Crippen LogP) is 4.69. The van der Waals surface area contributed by atoms with Gasteiger partial charge in [0, 0.05) is 11.9 Å². The number of nitrogens with one attached hydrogen (secondary N) is 1. The molecule has 2 aromatic carbocycles. The Morgan fingerprint density at radius 3 is 2.56 bits per heavy atom. The number of rotatable bonds is 5. The molecule has 0 saturated heterocycles. The topological polar surface area (TPSA) is 70.8 Å². The molecule has 1 heterocycles. The first kappa shape index (κ1) is 18.2. The van der Waals surface area contributed by atoms with Gasteiger partial charge in [0.15, 0.2) is 0 Å². The van der Waals surface area contributed by atoms with Crippen molar-refractivity contribution in [3.8, 4) is 11.9 Å². The molecule has 8 heteroatoms. The van der Waals surface area contributed by atoms with Crippen LogP contribution in [0.4, 0.5) is 24.8 Å². The second-order valence-electron chi connectivity index (χ2n) is 5.50. The number of ether oxygens (including phenoxy) is 1. The number of hydrogen-bond acceptors (Lipinski definition) is 5. The number of nitriles is 1. The summed E-state index contributed by atoms with van der Waals surface area (Å²) in [5.41, 5.74) is 0.519. The quantitative estimate of drug-likeness (QED) is 0.706. The summed E-state index contributed by atoms with van der Waals surface area (Å²) in [6.07, 6.45) is -3.98. The van der Waals surface area contributed by atoms with Gasteiger partial charge < -0.3 is 10.1 Å². The molecule has 0 aliphatic rings. The van der Waals surface area contributed by atoms with E-state index in [-0.39, 0.29) is 12.6 Å². The number of hydrogen-bond donors (Lipinski definition) is 1. The van der Waals surface area contributed by atoms with E-state index in [2.05, 4.69) is 15.3 Å². The molecule has 0 unspecified atom stereocenters. The third-order valence-corrected chi connectivity index (χ3v) is 3.53. The first-order chi connectivity index (χ1) is 13.0. The number of nitrogens with zero attached hydrogens (tertiary/aromatic N) is 3. The van der Waals surface area contributed by atoms with Gasteiger partial charge in [-0.05, 0) is 23.8 Å². The van der Waals surface area contributed by atoms with Crippen LogP contribution in [-0.4, -0.2) is 9.97 Å². The number of alkyl halides is 3. The molecule has 27 heavy (non-hydrogen) atoms. The lowest BCUT2D eigenvalue weighted by Crippen LogP contribution is -2.12. The van der Waals surface area contributed by atoms with Gasteiger partial charge in [-0.3, -0.25) is 0 Å². The molecule has 0 aliphatic carbocycles. The summed E-state index contributed by atoms with van der Waals surface area (Å²) in [7, 11) is 0. The van der Waals surface area contributed by atoms with Gasteiger partial charge in [0.2, 0.25) is 11.8 Å². The van der Waals surface area contributed by atoms with Crippen LogP contribution in [0.25, 0.3) is 0 Å². The molecule has 136 valence electrons. The molecule has 0 saturated carbocycles. The van der Waals surface area contributed by atoms with Gasteiger partial charge in [-0.2, -0.15) is 23.4 Å². The highest BCUT2D eigenvalue weighted by molar-refractivity contribution is 5.56. The fourth-order valence-corrected chi connectivity index (χ4v) is 2.25.